The molecule has 0 unspecified atom stereocenters. The molecule has 1 nitrogen and oxygen atoms in total. The monoisotopic (exact) mass is 439 g/mol. The minimum atomic E-state index is -0.755. The molecule has 170 valence electrons. The van der Waals surface area contributed by atoms with E-state index in [1.165, 1.54) is 63.1 Å². The predicted octanol–water partition coefficient (Wildman–Crippen LogP) is 8.45. The van der Waals surface area contributed by atoms with Gasteiger partial charge in [0, 0.05) is 0 Å². The lowest BCUT2D eigenvalue weighted by molar-refractivity contribution is 0.197. The summed E-state index contributed by atoms with van der Waals surface area (Å²) in [7, 11) is 0. The van der Waals surface area contributed by atoms with Crippen molar-refractivity contribution in [1.29, 1.82) is 5.26 Å². The molecule has 3 atom stereocenters. The van der Waals surface area contributed by atoms with Gasteiger partial charge in [-0.15, -0.1) is 0 Å². The van der Waals surface area contributed by atoms with E-state index >= 15 is 8.78 Å². The molecule has 0 N–H and O–H groups in total. The summed E-state index contributed by atoms with van der Waals surface area (Å²) < 4.78 is 44.7. The van der Waals surface area contributed by atoms with E-state index in [0.717, 1.165) is 36.8 Å². The van der Waals surface area contributed by atoms with Crippen LogP contribution in [0.3, 0.4) is 0 Å². The zero-order valence-corrected chi connectivity index (χ0v) is 18.9. The highest BCUT2D eigenvalue weighted by Crippen LogP contribution is 2.49. The largest absolute Gasteiger partial charge is 0.206 e. The summed E-state index contributed by atoms with van der Waals surface area (Å²) in [5.41, 5.74) is 1.28. The molecule has 2 aliphatic carbocycles. The van der Waals surface area contributed by atoms with Crippen molar-refractivity contribution >= 4 is 0 Å². The Bertz CT molecular complexity index is 1010. The van der Waals surface area contributed by atoms with Gasteiger partial charge < -0.3 is 0 Å². The summed E-state index contributed by atoms with van der Waals surface area (Å²) in [4.78, 5) is 0. The molecule has 2 aromatic rings. The number of unbranched alkanes of at least 4 members (excludes halogenated alkanes) is 4. The number of hydrogen-bond donors (Lipinski definition) is 0. The number of halogens is 3. The standard InChI is InChI=1S/C28H32F3N/c1-2-3-4-5-6-7-18-8-12-22-19(14-18)11-13-23-24(22)16-26(30)27(28(23)31)20-9-10-21(17-32)25(29)15-20/h9-10,15-16,18-19,22H,2-8,11-14H2,1H3/t18-,19+,22+/m1/s1. The van der Waals surface area contributed by atoms with Crippen molar-refractivity contribution in [2.45, 2.75) is 83.5 Å². The van der Waals surface area contributed by atoms with E-state index in [0.29, 0.717) is 17.9 Å². The molecule has 1 fully saturated rings. The van der Waals surface area contributed by atoms with Crippen molar-refractivity contribution in [3.63, 3.8) is 0 Å². The molecule has 0 amide bonds. The van der Waals surface area contributed by atoms with Crippen LogP contribution in [0.2, 0.25) is 0 Å². The van der Waals surface area contributed by atoms with Gasteiger partial charge in [0.05, 0.1) is 11.1 Å². The van der Waals surface area contributed by atoms with Crippen LogP contribution in [0.1, 0.15) is 93.7 Å². The van der Waals surface area contributed by atoms with Gasteiger partial charge in [-0.25, -0.2) is 13.2 Å². The van der Waals surface area contributed by atoms with Crippen molar-refractivity contribution in [1.82, 2.24) is 0 Å². The summed E-state index contributed by atoms with van der Waals surface area (Å²) >= 11 is 0. The van der Waals surface area contributed by atoms with Crippen molar-refractivity contribution in [3.05, 3.63) is 58.4 Å². The van der Waals surface area contributed by atoms with Crippen LogP contribution in [0.4, 0.5) is 13.2 Å². The first-order chi connectivity index (χ1) is 15.5. The first-order valence-electron chi connectivity index (χ1n) is 12.2. The SMILES string of the molecule is CCCCCCC[C@@H]1CC[C@@H]2c3cc(F)c(-c4ccc(C#N)c(F)c4)c(F)c3CC[C@H]2C1. The van der Waals surface area contributed by atoms with Gasteiger partial charge in [0.15, 0.2) is 0 Å². The fraction of sp³-hybridized carbons (Fsp3) is 0.536. The molecule has 1 saturated carbocycles. The predicted molar refractivity (Wildman–Crippen MR) is 122 cm³/mol. The molecule has 32 heavy (non-hydrogen) atoms. The lowest BCUT2D eigenvalue weighted by atomic mass is 9.64. The zero-order chi connectivity index (χ0) is 22.7. The Kier molecular flexibility index (Phi) is 7.23. The van der Waals surface area contributed by atoms with Crippen LogP contribution in [0.25, 0.3) is 11.1 Å². The van der Waals surface area contributed by atoms with Gasteiger partial charge in [-0.05, 0) is 84.7 Å². The molecule has 4 heteroatoms. The highest BCUT2D eigenvalue weighted by Gasteiger charge is 2.37. The number of rotatable bonds is 7. The van der Waals surface area contributed by atoms with E-state index in [4.69, 9.17) is 5.26 Å². The summed E-state index contributed by atoms with van der Waals surface area (Å²) in [5, 5.41) is 8.92. The number of benzene rings is 2. The van der Waals surface area contributed by atoms with Crippen molar-refractivity contribution in [3.8, 4) is 17.2 Å². The van der Waals surface area contributed by atoms with Crippen molar-refractivity contribution in [2.24, 2.45) is 11.8 Å². The van der Waals surface area contributed by atoms with E-state index in [1.807, 2.05) is 0 Å². The van der Waals surface area contributed by atoms with Crippen LogP contribution in [-0.2, 0) is 6.42 Å². The molecule has 2 aliphatic rings. The average Bonchev–Trinajstić information content (AvgIpc) is 2.79. The number of nitrogens with zero attached hydrogens (tertiary/aromatic N) is 1. The van der Waals surface area contributed by atoms with E-state index < -0.39 is 17.5 Å². The Hall–Kier alpha value is -2.28. The van der Waals surface area contributed by atoms with Crippen LogP contribution in [0, 0.1) is 40.6 Å². The van der Waals surface area contributed by atoms with Gasteiger partial charge in [0.2, 0.25) is 0 Å². The highest BCUT2D eigenvalue weighted by atomic mass is 19.1. The van der Waals surface area contributed by atoms with Gasteiger partial charge in [-0.3, -0.25) is 0 Å². The molecule has 0 heterocycles. The van der Waals surface area contributed by atoms with Crippen LogP contribution in [-0.4, -0.2) is 0 Å². The molecule has 0 aromatic heterocycles. The third kappa shape index (κ3) is 4.58. The Morgan fingerprint density at radius 1 is 0.969 bits per heavy atom. The fourth-order valence-corrected chi connectivity index (χ4v) is 6.01. The van der Waals surface area contributed by atoms with Gasteiger partial charge in [0.25, 0.3) is 0 Å². The first kappa shape index (κ1) is 22.9. The summed E-state index contributed by atoms with van der Waals surface area (Å²) in [6, 6.07) is 7.02. The summed E-state index contributed by atoms with van der Waals surface area (Å²) in [6.07, 6.45) is 12.7. The van der Waals surface area contributed by atoms with Crippen LogP contribution < -0.4 is 0 Å². The minimum absolute atomic E-state index is 0.127. The second kappa shape index (κ2) is 10.1. The minimum Gasteiger partial charge on any atom is -0.206 e. The highest BCUT2D eigenvalue weighted by molar-refractivity contribution is 5.68. The van der Waals surface area contributed by atoms with Crippen LogP contribution in [0.5, 0.6) is 0 Å². The summed E-state index contributed by atoms with van der Waals surface area (Å²) in [5.74, 6) is -0.464. The Labute approximate surface area is 189 Å². The smallest absolute Gasteiger partial charge is 0.141 e. The maximum absolute atomic E-state index is 15.5. The Morgan fingerprint density at radius 2 is 1.78 bits per heavy atom. The first-order valence-corrected chi connectivity index (χ1v) is 12.2. The lowest BCUT2D eigenvalue weighted by Gasteiger charge is -2.41. The quantitative estimate of drug-likeness (QED) is 0.397. The lowest BCUT2D eigenvalue weighted by Crippen LogP contribution is -2.29. The molecule has 2 aromatic carbocycles. The number of fused-ring (bicyclic) bond motifs is 3. The van der Waals surface area contributed by atoms with E-state index in [-0.39, 0.29) is 22.6 Å². The molecule has 0 saturated heterocycles. The number of nitriles is 1. The Balaban J connectivity index is 1.51. The van der Waals surface area contributed by atoms with E-state index in [1.54, 1.807) is 6.07 Å². The molecular weight excluding hydrogens is 407 g/mol. The van der Waals surface area contributed by atoms with Gasteiger partial charge >= 0.3 is 0 Å². The van der Waals surface area contributed by atoms with Gasteiger partial charge in [-0.2, -0.15) is 5.26 Å². The van der Waals surface area contributed by atoms with E-state index in [2.05, 4.69) is 6.92 Å². The molecular formula is C28H32F3N. The van der Waals surface area contributed by atoms with Gasteiger partial charge in [-0.1, -0.05) is 51.5 Å². The second-order valence-corrected chi connectivity index (χ2v) is 9.71. The maximum Gasteiger partial charge on any atom is 0.141 e. The number of hydrogen-bond acceptors (Lipinski definition) is 1. The Morgan fingerprint density at radius 3 is 2.53 bits per heavy atom. The fourth-order valence-electron chi connectivity index (χ4n) is 6.01. The zero-order valence-electron chi connectivity index (χ0n) is 18.9. The van der Waals surface area contributed by atoms with Crippen molar-refractivity contribution < 1.29 is 13.2 Å². The molecule has 0 bridgehead atoms. The topological polar surface area (TPSA) is 23.8 Å². The molecule has 0 spiro atoms. The van der Waals surface area contributed by atoms with E-state index in [9.17, 15) is 4.39 Å². The summed E-state index contributed by atoms with van der Waals surface area (Å²) in [6.45, 7) is 2.24. The van der Waals surface area contributed by atoms with Gasteiger partial charge in [0.1, 0.15) is 23.5 Å². The maximum atomic E-state index is 15.5. The molecule has 4 rings (SSSR count). The van der Waals surface area contributed by atoms with Crippen molar-refractivity contribution in [2.75, 3.05) is 0 Å². The third-order valence-electron chi connectivity index (χ3n) is 7.70. The normalized spacial score (nSPS) is 22.2. The molecule has 0 radical (unpaired) electrons. The second-order valence-electron chi connectivity index (χ2n) is 9.71. The third-order valence-corrected chi connectivity index (χ3v) is 7.70. The average molecular weight is 440 g/mol. The van der Waals surface area contributed by atoms with Crippen LogP contribution in [0.15, 0.2) is 24.3 Å². The van der Waals surface area contributed by atoms with Crippen LogP contribution >= 0.6 is 0 Å². The molecule has 0 aliphatic heterocycles.